The van der Waals surface area contributed by atoms with Gasteiger partial charge in [0.2, 0.25) is 0 Å². The number of aldehydes is 1. The first kappa shape index (κ1) is 22.3. The fourth-order valence-electron chi connectivity index (χ4n) is 5.03. The first-order chi connectivity index (χ1) is 16.7. The van der Waals surface area contributed by atoms with Crippen molar-refractivity contribution in [2.24, 2.45) is 0 Å². The van der Waals surface area contributed by atoms with Gasteiger partial charge in [0.25, 0.3) is 0 Å². The Hall–Kier alpha value is -3.16. The lowest BCUT2D eigenvalue weighted by Crippen LogP contribution is -2.20. The summed E-state index contributed by atoms with van der Waals surface area (Å²) in [6, 6.07) is 5.57. The number of hydrogen-bond acceptors (Lipinski definition) is 6. The van der Waals surface area contributed by atoms with Gasteiger partial charge in [0, 0.05) is 68.7 Å². The molecule has 0 aliphatic carbocycles. The monoisotopic (exact) mass is 544 g/mol. The van der Waals surface area contributed by atoms with Crippen LogP contribution in [0.5, 0.6) is 0 Å². The van der Waals surface area contributed by atoms with E-state index in [-0.39, 0.29) is 47.7 Å². The highest BCUT2D eigenvalue weighted by Gasteiger charge is 2.34. The Balaban J connectivity index is 2.07. The van der Waals surface area contributed by atoms with Gasteiger partial charge in [0.1, 0.15) is 0 Å². The van der Waals surface area contributed by atoms with Gasteiger partial charge in [0.15, 0.2) is 6.29 Å². The predicted octanol–water partition coefficient (Wildman–Crippen LogP) is 7.26. The van der Waals surface area contributed by atoms with Crippen molar-refractivity contribution in [1.82, 2.24) is 0 Å². The number of cyclic esters (lactones) is 2. The molecule has 10 heteroatoms. The van der Waals surface area contributed by atoms with Gasteiger partial charge in [-0.25, -0.2) is 14.4 Å². The quantitative estimate of drug-likeness (QED) is 0.0762. The summed E-state index contributed by atoms with van der Waals surface area (Å²) in [5.74, 6) is -2.42. The maximum Gasteiger partial charge on any atom is 0.346 e. The molecule has 0 bridgehead atoms. The molecule has 1 aliphatic heterocycles. The van der Waals surface area contributed by atoms with Crippen LogP contribution in [-0.4, -0.2) is 31.3 Å². The van der Waals surface area contributed by atoms with E-state index in [4.69, 9.17) is 55.9 Å². The minimum Gasteiger partial charge on any atom is -0.465 e. The molecular formula is C25H8Cl4O6. The van der Waals surface area contributed by atoms with E-state index in [2.05, 4.69) is 0 Å². The summed E-state index contributed by atoms with van der Waals surface area (Å²) in [6.07, 6.45) is 0.572. The lowest BCUT2D eigenvalue weighted by atomic mass is 9.84. The van der Waals surface area contributed by atoms with E-state index in [1.54, 1.807) is 0 Å². The first-order valence-corrected chi connectivity index (χ1v) is 11.5. The second-order valence-electron chi connectivity index (χ2n) is 7.95. The highest BCUT2D eigenvalue weighted by Crippen LogP contribution is 2.52. The van der Waals surface area contributed by atoms with Crippen LogP contribution in [0.3, 0.4) is 0 Å². The second-order valence-corrected chi connectivity index (χ2v) is 9.58. The number of methoxy groups -OCH3 is 1. The normalized spacial score (nSPS) is 13.3. The number of carbonyl (C=O) groups is 4. The van der Waals surface area contributed by atoms with Gasteiger partial charge in [0.05, 0.1) is 23.8 Å². The maximum atomic E-state index is 12.7. The minimum absolute atomic E-state index is 0.0521. The van der Waals surface area contributed by atoms with E-state index in [1.165, 1.54) is 31.4 Å². The summed E-state index contributed by atoms with van der Waals surface area (Å²) in [5.41, 5.74) is 0.358. The van der Waals surface area contributed by atoms with Crippen molar-refractivity contribution in [3.05, 3.63) is 66.6 Å². The summed E-state index contributed by atoms with van der Waals surface area (Å²) in [4.78, 5) is 49.9. The van der Waals surface area contributed by atoms with E-state index in [0.717, 1.165) is 0 Å². The largest absolute Gasteiger partial charge is 0.465 e. The van der Waals surface area contributed by atoms with E-state index in [1.807, 2.05) is 0 Å². The van der Waals surface area contributed by atoms with Crippen molar-refractivity contribution >= 4 is 114 Å². The molecule has 0 aromatic heterocycles. The van der Waals surface area contributed by atoms with Crippen molar-refractivity contribution in [2.75, 3.05) is 7.11 Å². The van der Waals surface area contributed by atoms with E-state index in [0.29, 0.717) is 44.0 Å². The van der Waals surface area contributed by atoms with Crippen LogP contribution in [0.1, 0.15) is 41.4 Å². The Morgan fingerprint density at radius 3 is 1.66 bits per heavy atom. The molecule has 5 aromatic carbocycles. The number of fused-ring (bicyclic) bond motifs is 2. The number of hydrogen-bond donors (Lipinski definition) is 0. The van der Waals surface area contributed by atoms with E-state index < -0.39 is 17.9 Å². The Morgan fingerprint density at radius 2 is 1.17 bits per heavy atom. The molecule has 1 aliphatic rings. The van der Waals surface area contributed by atoms with Crippen LogP contribution in [0, 0.1) is 0 Å². The topological polar surface area (TPSA) is 86.7 Å². The van der Waals surface area contributed by atoms with Gasteiger partial charge in [-0.05, 0) is 24.3 Å². The lowest BCUT2D eigenvalue weighted by Gasteiger charge is -2.24. The first-order valence-electron chi connectivity index (χ1n) is 9.97. The molecule has 0 fully saturated rings. The number of esters is 3. The molecular weight excluding hydrogens is 538 g/mol. The summed E-state index contributed by atoms with van der Waals surface area (Å²) in [5, 5.41) is 3.34. The Bertz CT molecular complexity index is 1800. The Morgan fingerprint density at radius 1 is 0.714 bits per heavy atom. The zero-order chi connectivity index (χ0) is 24.9. The summed E-state index contributed by atoms with van der Waals surface area (Å²) in [6.45, 7) is 0. The number of halogens is 4. The fourth-order valence-corrected chi connectivity index (χ4v) is 6.23. The molecule has 0 amide bonds. The summed E-state index contributed by atoms with van der Waals surface area (Å²) in [7, 11) is 1.21. The Kier molecular flexibility index (Phi) is 4.73. The van der Waals surface area contributed by atoms with Crippen LogP contribution < -0.4 is 0 Å². The van der Waals surface area contributed by atoms with Gasteiger partial charge in [-0.2, -0.15) is 0 Å². The van der Waals surface area contributed by atoms with Crippen LogP contribution in [0.15, 0.2) is 24.3 Å². The van der Waals surface area contributed by atoms with Gasteiger partial charge in [-0.15, -0.1) is 0 Å². The molecule has 0 unspecified atom stereocenters. The van der Waals surface area contributed by atoms with Crippen LogP contribution in [0.4, 0.5) is 0 Å². The summed E-state index contributed by atoms with van der Waals surface area (Å²) >= 11 is 26.8. The molecule has 6 rings (SSSR count). The Labute approximate surface area is 215 Å². The maximum absolute atomic E-state index is 12.7. The second kappa shape index (κ2) is 7.42. The zero-order valence-corrected chi connectivity index (χ0v) is 20.4. The third-order valence-corrected chi connectivity index (χ3v) is 7.50. The van der Waals surface area contributed by atoms with Gasteiger partial charge in [-0.1, -0.05) is 46.4 Å². The molecule has 0 spiro atoms. The van der Waals surface area contributed by atoms with E-state index >= 15 is 0 Å². The van der Waals surface area contributed by atoms with Crippen LogP contribution in [0.2, 0.25) is 20.1 Å². The third kappa shape index (κ3) is 2.74. The highest BCUT2D eigenvalue weighted by atomic mass is 35.5. The van der Waals surface area contributed by atoms with Crippen molar-refractivity contribution in [2.45, 2.75) is 0 Å². The zero-order valence-electron chi connectivity index (χ0n) is 17.3. The van der Waals surface area contributed by atoms with Gasteiger partial charge >= 0.3 is 17.9 Å². The number of rotatable bonds is 2. The molecule has 172 valence electrons. The predicted molar refractivity (Wildman–Crippen MR) is 134 cm³/mol. The molecule has 0 saturated carbocycles. The molecule has 1 heterocycles. The third-order valence-electron chi connectivity index (χ3n) is 6.30. The average Bonchev–Trinajstić information content (AvgIpc) is 2.83. The van der Waals surface area contributed by atoms with Crippen molar-refractivity contribution in [1.29, 1.82) is 0 Å². The molecule has 35 heavy (non-hydrogen) atoms. The lowest BCUT2D eigenvalue weighted by molar-refractivity contribution is 0.0390. The molecule has 6 nitrogen and oxygen atoms in total. The minimum atomic E-state index is -0.852. The van der Waals surface area contributed by atoms with Crippen molar-refractivity contribution in [3.8, 4) is 0 Å². The standard InChI is InChI=1S/C25H8Cl4O6/c1-34-23(31)8-3-12(27)18-20-14(29)5-10-16-9(24(32)35-25(10)33)4-13(28)19(22(16)20)17-11(26)2-7(6-30)15(8)21(17)18/h2-6H,1H3. The van der Waals surface area contributed by atoms with E-state index in [9.17, 15) is 19.2 Å². The average molecular weight is 546 g/mol. The van der Waals surface area contributed by atoms with Crippen molar-refractivity contribution in [3.63, 3.8) is 0 Å². The van der Waals surface area contributed by atoms with Crippen molar-refractivity contribution < 1.29 is 28.7 Å². The number of ether oxygens (including phenoxy) is 2. The number of benzene rings is 5. The fraction of sp³-hybridized carbons (Fsp3) is 0.0400. The molecule has 0 N–H and O–H groups in total. The van der Waals surface area contributed by atoms with Gasteiger partial charge < -0.3 is 9.47 Å². The number of carbonyl (C=O) groups excluding carboxylic acids is 4. The SMILES string of the molecule is COC(=O)c1cc(Cl)c2c3c(Cl)cc4c5c(cc(Cl)c(c6c(Cl)cc(C=O)c1c62)c53)C(=O)OC4=O. The van der Waals surface area contributed by atoms with Crippen LogP contribution >= 0.6 is 46.4 Å². The van der Waals surface area contributed by atoms with Crippen LogP contribution in [0.25, 0.3) is 43.1 Å². The smallest absolute Gasteiger partial charge is 0.346 e. The van der Waals surface area contributed by atoms with Gasteiger partial charge in [-0.3, -0.25) is 4.79 Å². The molecule has 0 atom stereocenters. The molecule has 0 radical (unpaired) electrons. The summed E-state index contributed by atoms with van der Waals surface area (Å²) < 4.78 is 9.79. The molecule has 5 aromatic rings. The highest BCUT2D eigenvalue weighted by molar-refractivity contribution is 6.55. The molecule has 0 saturated heterocycles. The van der Waals surface area contributed by atoms with Crippen LogP contribution in [-0.2, 0) is 9.47 Å².